The summed E-state index contributed by atoms with van der Waals surface area (Å²) in [4.78, 5) is 22.9. The van der Waals surface area contributed by atoms with Crippen LogP contribution in [0.2, 0.25) is 0 Å². The van der Waals surface area contributed by atoms with Gasteiger partial charge in [0, 0.05) is 12.8 Å². The molecular formula is C12H20O2. The van der Waals surface area contributed by atoms with Crippen molar-refractivity contribution >= 4 is 11.6 Å². The topological polar surface area (TPSA) is 34.1 Å². The van der Waals surface area contributed by atoms with Gasteiger partial charge < -0.3 is 0 Å². The average Bonchev–Trinajstić information content (AvgIpc) is 2.16. The summed E-state index contributed by atoms with van der Waals surface area (Å²) in [6.07, 6.45) is 3.44. The maximum atomic E-state index is 11.5. The van der Waals surface area contributed by atoms with Crippen molar-refractivity contribution in [2.45, 2.75) is 47.0 Å². The predicted molar refractivity (Wildman–Crippen MR) is 58.1 cm³/mol. The molecule has 0 bridgehead atoms. The third kappa shape index (κ3) is 4.35. The largest absolute Gasteiger partial charge is 0.299 e. The predicted octanol–water partition coefficient (Wildman–Crippen LogP) is 2.92. The van der Waals surface area contributed by atoms with Gasteiger partial charge in [-0.25, -0.2) is 0 Å². The maximum Gasteiger partial charge on any atom is 0.143 e. The first-order valence-electron chi connectivity index (χ1n) is 5.21. The fourth-order valence-corrected chi connectivity index (χ4v) is 1.29. The smallest absolute Gasteiger partial charge is 0.143 e. The fraction of sp³-hybridized carbons (Fsp3) is 0.667. The van der Waals surface area contributed by atoms with Crippen LogP contribution in [0.3, 0.4) is 0 Å². The molecule has 0 aromatic carbocycles. The van der Waals surface area contributed by atoms with Crippen LogP contribution < -0.4 is 0 Å². The molecule has 2 nitrogen and oxygen atoms in total. The van der Waals surface area contributed by atoms with Gasteiger partial charge in [-0.2, -0.15) is 0 Å². The zero-order chi connectivity index (χ0) is 11.1. The number of hydrogen-bond donors (Lipinski definition) is 0. The number of ketones is 2. The Kier molecular flexibility index (Phi) is 6.09. The zero-order valence-corrected chi connectivity index (χ0v) is 9.59. The summed E-state index contributed by atoms with van der Waals surface area (Å²) in [5.41, 5.74) is 1.16. The van der Waals surface area contributed by atoms with Gasteiger partial charge >= 0.3 is 0 Å². The van der Waals surface area contributed by atoms with Crippen LogP contribution in [-0.4, -0.2) is 11.6 Å². The van der Waals surface area contributed by atoms with Gasteiger partial charge in [-0.15, -0.1) is 0 Å². The molecule has 0 amide bonds. The summed E-state index contributed by atoms with van der Waals surface area (Å²) >= 11 is 0. The van der Waals surface area contributed by atoms with E-state index in [1.54, 1.807) is 13.8 Å². The van der Waals surface area contributed by atoms with Crippen molar-refractivity contribution in [3.63, 3.8) is 0 Å². The first-order valence-corrected chi connectivity index (χ1v) is 5.21. The number of hydrogen-bond acceptors (Lipinski definition) is 2. The molecule has 0 unspecified atom stereocenters. The van der Waals surface area contributed by atoms with Gasteiger partial charge in [-0.3, -0.25) is 9.59 Å². The molecule has 0 rings (SSSR count). The van der Waals surface area contributed by atoms with Gasteiger partial charge in [-0.1, -0.05) is 25.5 Å². The monoisotopic (exact) mass is 196 g/mol. The molecule has 80 valence electrons. The Morgan fingerprint density at radius 3 is 1.79 bits per heavy atom. The van der Waals surface area contributed by atoms with Gasteiger partial charge in [0.1, 0.15) is 11.6 Å². The van der Waals surface area contributed by atoms with E-state index in [1.165, 1.54) is 0 Å². The van der Waals surface area contributed by atoms with Crippen LogP contribution in [0.25, 0.3) is 0 Å². The van der Waals surface area contributed by atoms with Crippen LogP contribution >= 0.6 is 0 Å². The van der Waals surface area contributed by atoms with Crippen LogP contribution in [0.15, 0.2) is 11.6 Å². The molecule has 0 saturated carbocycles. The van der Waals surface area contributed by atoms with E-state index in [-0.39, 0.29) is 11.6 Å². The molecular weight excluding hydrogens is 176 g/mol. The van der Waals surface area contributed by atoms with E-state index < -0.39 is 5.92 Å². The Balaban J connectivity index is 4.48. The number of carbonyl (C=O) groups excluding carboxylic acids is 2. The van der Waals surface area contributed by atoms with E-state index in [9.17, 15) is 9.59 Å². The van der Waals surface area contributed by atoms with Gasteiger partial charge in [-0.05, 0) is 20.3 Å². The lowest BCUT2D eigenvalue weighted by molar-refractivity contribution is -0.132. The summed E-state index contributed by atoms with van der Waals surface area (Å²) in [7, 11) is 0. The molecule has 0 radical (unpaired) electrons. The Hall–Kier alpha value is -0.920. The van der Waals surface area contributed by atoms with Crippen LogP contribution in [-0.2, 0) is 9.59 Å². The number of carbonyl (C=O) groups is 2. The number of rotatable bonds is 6. The van der Waals surface area contributed by atoms with Crippen LogP contribution in [0.4, 0.5) is 0 Å². The Labute approximate surface area is 86.4 Å². The van der Waals surface area contributed by atoms with Crippen LogP contribution in [0.5, 0.6) is 0 Å². The summed E-state index contributed by atoms with van der Waals surface area (Å²) in [5, 5.41) is 0. The standard InChI is InChI=1S/C12H20O2/c1-5-11(13)10(12(14)6-2)8-7-9(3)4/h7,10H,5-6,8H2,1-4H3. The Bertz CT molecular complexity index is 219. The van der Waals surface area contributed by atoms with Gasteiger partial charge in [0.25, 0.3) is 0 Å². The quantitative estimate of drug-likeness (QED) is 0.483. The molecule has 2 heteroatoms. The Morgan fingerprint density at radius 2 is 1.50 bits per heavy atom. The van der Waals surface area contributed by atoms with E-state index in [2.05, 4.69) is 0 Å². The van der Waals surface area contributed by atoms with E-state index in [1.807, 2.05) is 19.9 Å². The average molecular weight is 196 g/mol. The van der Waals surface area contributed by atoms with Crippen molar-refractivity contribution in [1.29, 1.82) is 0 Å². The number of Topliss-reactive ketones (excluding diaryl/α,β-unsaturated/α-hetero) is 2. The van der Waals surface area contributed by atoms with Crippen LogP contribution in [0.1, 0.15) is 47.0 Å². The molecule has 14 heavy (non-hydrogen) atoms. The molecule has 0 aromatic heterocycles. The molecule has 0 atom stereocenters. The lowest BCUT2D eigenvalue weighted by Gasteiger charge is -2.10. The highest BCUT2D eigenvalue weighted by molar-refractivity contribution is 6.02. The maximum absolute atomic E-state index is 11.5. The molecule has 0 aromatic rings. The lowest BCUT2D eigenvalue weighted by atomic mass is 9.91. The molecule has 0 N–H and O–H groups in total. The summed E-state index contributed by atoms with van der Waals surface area (Å²) < 4.78 is 0. The van der Waals surface area contributed by atoms with Crippen molar-refractivity contribution in [2.24, 2.45) is 5.92 Å². The minimum Gasteiger partial charge on any atom is -0.299 e. The first kappa shape index (κ1) is 13.1. The fourth-order valence-electron chi connectivity index (χ4n) is 1.29. The summed E-state index contributed by atoms with van der Waals surface area (Å²) in [6, 6.07) is 0. The Morgan fingerprint density at radius 1 is 1.07 bits per heavy atom. The second-order valence-electron chi connectivity index (χ2n) is 3.71. The second-order valence-corrected chi connectivity index (χ2v) is 3.71. The van der Waals surface area contributed by atoms with Crippen molar-refractivity contribution in [3.05, 3.63) is 11.6 Å². The summed E-state index contributed by atoms with van der Waals surface area (Å²) in [6.45, 7) is 7.56. The SMILES string of the molecule is CCC(=O)C(CC=C(C)C)C(=O)CC. The van der Waals surface area contributed by atoms with Crippen molar-refractivity contribution in [2.75, 3.05) is 0 Å². The van der Waals surface area contributed by atoms with E-state index in [0.717, 1.165) is 5.57 Å². The third-order valence-corrected chi connectivity index (χ3v) is 2.24. The minimum absolute atomic E-state index is 0.0642. The molecule has 0 heterocycles. The third-order valence-electron chi connectivity index (χ3n) is 2.24. The normalized spacial score (nSPS) is 10.1. The van der Waals surface area contributed by atoms with Gasteiger partial charge in [0.05, 0.1) is 5.92 Å². The van der Waals surface area contributed by atoms with Gasteiger partial charge in [0.15, 0.2) is 0 Å². The van der Waals surface area contributed by atoms with Crippen molar-refractivity contribution in [1.82, 2.24) is 0 Å². The van der Waals surface area contributed by atoms with Crippen molar-refractivity contribution in [3.8, 4) is 0 Å². The van der Waals surface area contributed by atoms with E-state index >= 15 is 0 Å². The zero-order valence-electron chi connectivity index (χ0n) is 9.59. The highest BCUT2D eigenvalue weighted by Gasteiger charge is 2.21. The van der Waals surface area contributed by atoms with E-state index in [4.69, 9.17) is 0 Å². The molecule has 0 aliphatic heterocycles. The van der Waals surface area contributed by atoms with Gasteiger partial charge in [0.2, 0.25) is 0 Å². The molecule has 0 spiro atoms. The van der Waals surface area contributed by atoms with Crippen molar-refractivity contribution < 1.29 is 9.59 Å². The second kappa shape index (κ2) is 6.52. The minimum atomic E-state index is -0.403. The first-order chi connectivity index (χ1) is 6.52. The summed E-state index contributed by atoms with van der Waals surface area (Å²) in [5.74, 6) is -0.274. The molecule has 0 saturated heterocycles. The highest BCUT2D eigenvalue weighted by atomic mass is 16.1. The lowest BCUT2D eigenvalue weighted by Crippen LogP contribution is -2.22. The highest BCUT2D eigenvalue weighted by Crippen LogP contribution is 2.13. The van der Waals surface area contributed by atoms with Crippen LogP contribution in [0, 0.1) is 5.92 Å². The molecule has 0 aliphatic rings. The van der Waals surface area contributed by atoms with E-state index in [0.29, 0.717) is 19.3 Å². The number of allylic oxidation sites excluding steroid dienone is 2. The molecule has 0 fully saturated rings. The molecule has 0 aliphatic carbocycles.